The third kappa shape index (κ3) is 4.03. The fraction of sp³-hybridized carbons (Fsp3) is 0. The number of anilines is 1. The monoisotopic (exact) mass is 332 g/mol. The van der Waals surface area contributed by atoms with Crippen LogP contribution in [-0.2, 0) is 0 Å². The standard InChI is InChI=1S/C20H16N2O3/c21-20(24)22-15-11-12-18(25-16-9-5-2-6-10-16)17(13-15)19(23)14-7-3-1-4-8-14/h1-13H,(H3,21,22,24). The SMILES string of the molecule is NC(=O)Nc1ccc(Oc2ccccc2)c(C(=O)c2ccccc2)c1. The molecule has 3 N–H and O–H groups in total. The van der Waals surface area contributed by atoms with Crippen molar-refractivity contribution in [3.63, 3.8) is 0 Å². The summed E-state index contributed by atoms with van der Waals surface area (Å²) in [5.74, 6) is 0.801. The number of nitrogens with one attached hydrogen (secondary N) is 1. The molecule has 3 aromatic carbocycles. The summed E-state index contributed by atoms with van der Waals surface area (Å²) >= 11 is 0. The summed E-state index contributed by atoms with van der Waals surface area (Å²) in [4.78, 5) is 24.0. The zero-order valence-electron chi connectivity index (χ0n) is 13.3. The quantitative estimate of drug-likeness (QED) is 0.687. The molecular weight excluding hydrogens is 316 g/mol. The molecule has 0 saturated heterocycles. The van der Waals surface area contributed by atoms with Crippen molar-refractivity contribution in [2.24, 2.45) is 5.73 Å². The highest BCUT2D eigenvalue weighted by Crippen LogP contribution is 2.29. The van der Waals surface area contributed by atoms with E-state index in [-0.39, 0.29) is 5.78 Å². The molecule has 3 aromatic rings. The molecule has 0 aliphatic heterocycles. The van der Waals surface area contributed by atoms with Gasteiger partial charge in [0.1, 0.15) is 11.5 Å². The van der Waals surface area contributed by atoms with Gasteiger partial charge in [-0.05, 0) is 30.3 Å². The predicted molar refractivity (Wildman–Crippen MR) is 96.0 cm³/mol. The second-order valence-corrected chi connectivity index (χ2v) is 5.31. The number of hydrogen-bond donors (Lipinski definition) is 2. The Balaban J connectivity index is 2.01. The van der Waals surface area contributed by atoms with Crippen LogP contribution in [0.3, 0.4) is 0 Å². The summed E-state index contributed by atoms with van der Waals surface area (Å²) in [6.45, 7) is 0. The van der Waals surface area contributed by atoms with E-state index in [2.05, 4.69) is 5.32 Å². The van der Waals surface area contributed by atoms with E-state index in [0.717, 1.165) is 0 Å². The fourth-order valence-corrected chi connectivity index (χ4v) is 2.38. The van der Waals surface area contributed by atoms with Crippen molar-refractivity contribution in [1.82, 2.24) is 0 Å². The summed E-state index contributed by atoms with van der Waals surface area (Å²) < 4.78 is 5.85. The van der Waals surface area contributed by atoms with Crippen LogP contribution in [0.5, 0.6) is 11.5 Å². The molecule has 0 atom stereocenters. The van der Waals surface area contributed by atoms with Crippen LogP contribution in [0, 0.1) is 0 Å². The highest BCUT2D eigenvalue weighted by atomic mass is 16.5. The Bertz CT molecular complexity index is 893. The first kappa shape index (κ1) is 16.3. The number of carbonyl (C=O) groups excluding carboxylic acids is 2. The van der Waals surface area contributed by atoms with E-state index in [9.17, 15) is 9.59 Å². The van der Waals surface area contributed by atoms with Gasteiger partial charge in [-0.2, -0.15) is 0 Å². The number of urea groups is 1. The molecule has 0 aliphatic carbocycles. The van der Waals surface area contributed by atoms with E-state index in [4.69, 9.17) is 10.5 Å². The topological polar surface area (TPSA) is 81.4 Å². The highest BCUT2D eigenvalue weighted by Gasteiger charge is 2.16. The first-order valence-electron chi connectivity index (χ1n) is 7.66. The molecule has 0 radical (unpaired) electrons. The molecule has 0 heterocycles. The van der Waals surface area contributed by atoms with Gasteiger partial charge in [0.15, 0.2) is 5.78 Å². The molecule has 0 aromatic heterocycles. The van der Waals surface area contributed by atoms with Gasteiger partial charge < -0.3 is 15.8 Å². The zero-order chi connectivity index (χ0) is 17.6. The summed E-state index contributed by atoms with van der Waals surface area (Å²) in [7, 11) is 0. The molecule has 0 unspecified atom stereocenters. The van der Waals surface area contributed by atoms with Gasteiger partial charge >= 0.3 is 6.03 Å². The average Bonchev–Trinajstić information content (AvgIpc) is 2.63. The minimum absolute atomic E-state index is 0.209. The predicted octanol–water partition coefficient (Wildman–Crippen LogP) is 4.20. The summed E-state index contributed by atoms with van der Waals surface area (Å²) in [6, 6.07) is 22.1. The Labute approximate surface area is 145 Å². The van der Waals surface area contributed by atoms with Crippen LogP contribution >= 0.6 is 0 Å². The Kier molecular flexibility index (Phi) is 4.76. The summed E-state index contributed by atoms with van der Waals surface area (Å²) in [5, 5.41) is 2.47. The lowest BCUT2D eigenvalue weighted by atomic mass is 10.0. The van der Waals surface area contributed by atoms with Crippen molar-refractivity contribution in [3.05, 3.63) is 90.0 Å². The molecular formula is C20H16N2O3. The van der Waals surface area contributed by atoms with Crippen LogP contribution in [0.25, 0.3) is 0 Å². The smallest absolute Gasteiger partial charge is 0.316 e. The normalized spacial score (nSPS) is 10.1. The fourth-order valence-electron chi connectivity index (χ4n) is 2.38. The van der Waals surface area contributed by atoms with Gasteiger partial charge in [0, 0.05) is 11.3 Å². The summed E-state index contributed by atoms with van der Waals surface area (Å²) in [5.41, 5.74) is 6.44. The average molecular weight is 332 g/mol. The van der Waals surface area contributed by atoms with Crippen LogP contribution < -0.4 is 15.8 Å². The lowest BCUT2D eigenvalue weighted by molar-refractivity contribution is 0.103. The van der Waals surface area contributed by atoms with Crippen LogP contribution in [0.4, 0.5) is 10.5 Å². The molecule has 0 aliphatic rings. The Hall–Kier alpha value is -3.60. The van der Waals surface area contributed by atoms with Crippen LogP contribution in [0.1, 0.15) is 15.9 Å². The van der Waals surface area contributed by atoms with E-state index < -0.39 is 6.03 Å². The van der Waals surface area contributed by atoms with Crippen LogP contribution in [0.2, 0.25) is 0 Å². The van der Waals surface area contributed by atoms with Gasteiger partial charge in [-0.15, -0.1) is 0 Å². The zero-order valence-corrected chi connectivity index (χ0v) is 13.3. The van der Waals surface area contributed by atoms with Crippen molar-refractivity contribution in [2.45, 2.75) is 0 Å². The summed E-state index contributed by atoms with van der Waals surface area (Å²) in [6.07, 6.45) is 0. The van der Waals surface area contributed by atoms with Crippen LogP contribution in [0.15, 0.2) is 78.9 Å². The third-order valence-electron chi connectivity index (χ3n) is 3.50. The number of para-hydroxylation sites is 1. The maximum atomic E-state index is 12.9. The number of nitrogens with two attached hydrogens (primary N) is 1. The van der Waals surface area contributed by atoms with Crippen molar-refractivity contribution < 1.29 is 14.3 Å². The number of rotatable bonds is 5. The maximum Gasteiger partial charge on any atom is 0.316 e. The molecule has 0 saturated carbocycles. The molecule has 0 spiro atoms. The van der Waals surface area contributed by atoms with Gasteiger partial charge in [-0.25, -0.2) is 4.79 Å². The first-order chi connectivity index (χ1) is 12.1. The van der Waals surface area contributed by atoms with Gasteiger partial charge in [0.25, 0.3) is 0 Å². The third-order valence-corrected chi connectivity index (χ3v) is 3.50. The van der Waals surface area contributed by atoms with E-state index in [1.54, 1.807) is 54.6 Å². The number of amides is 2. The first-order valence-corrected chi connectivity index (χ1v) is 7.66. The van der Waals surface area contributed by atoms with E-state index in [0.29, 0.717) is 28.3 Å². The number of ketones is 1. The van der Waals surface area contributed by atoms with Gasteiger partial charge in [-0.1, -0.05) is 48.5 Å². The van der Waals surface area contributed by atoms with Gasteiger partial charge in [-0.3, -0.25) is 4.79 Å². The number of benzene rings is 3. The van der Waals surface area contributed by atoms with Crippen molar-refractivity contribution >= 4 is 17.5 Å². The number of carbonyl (C=O) groups is 2. The molecule has 124 valence electrons. The minimum atomic E-state index is -0.699. The lowest BCUT2D eigenvalue weighted by Gasteiger charge is -2.12. The largest absolute Gasteiger partial charge is 0.457 e. The molecule has 3 rings (SSSR count). The van der Waals surface area contributed by atoms with Crippen LogP contribution in [-0.4, -0.2) is 11.8 Å². The second-order valence-electron chi connectivity index (χ2n) is 5.31. The van der Waals surface area contributed by atoms with Crippen molar-refractivity contribution in [3.8, 4) is 11.5 Å². The molecule has 5 nitrogen and oxygen atoms in total. The van der Waals surface area contributed by atoms with E-state index >= 15 is 0 Å². The number of hydrogen-bond acceptors (Lipinski definition) is 3. The number of primary amides is 1. The Morgan fingerprint density at radius 3 is 2.12 bits per heavy atom. The van der Waals surface area contributed by atoms with Crippen molar-refractivity contribution in [2.75, 3.05) is 5.32 Å². The molecule has 25 heavy (non-hydrogen) atoms. The molecule has 2 amide bonds. The minimum Gasteiger partial charge on any atom is -0.457 e. The highest BCUT2D eigenvalue weighted by molar-refractivity contribution is 6.11. The number of ether oxygens (including phenoxy) is 1. The lowest BCUT2D eigenvalue weighted by Crippen LogP contribution is -2.19. The Morgan fingerprint density at radius 1 is 0.840 bits per heavy atom. The van der Waals surface area contributed by atoms with E-state index in [1.165, 1.54) is 0 Å². The van der Waals surface area contributed by atoms with Gasteiger partial charge in [0.2, 0.25) is 0 Å². The maximum absolute atomic E-state index is 12.9. The van der Waals surface area contributed by atoms with Gasteiger partial charge in [0.05, 0.1) is 5.56 Å². The second kappa shape index (κ2) is 7.31. The molecule has 0 fully saturated rings. The van der Waals surface area contributed by atoms with E-state index in [1.807, 2.05) is 24.3 Å². The Morgan fingerprint density at radius 2 is 1.48 bits per heavy atom. The van der Waals surface area contributed by atoms with Crippen molar-refractivity contribution in [1.29, 1.82) is 0 Å². The molecule has 0 bridgehead atoms. The molecule has 5 heteroatoms.